The minimum Gasteiger partial charge on any atom is -0.469 e. The molecule has 3 aliphatic rings. The first-order chi connectivity index (χ1) is 16.5. The molecule has 1 aliphatic carbocycles. The Labute approximate surface area is 206 Å². The number of rotatable bonds is 7. The lowest BCUT2D eigenvalue weighted by Crippen LogP contribution is -2.61. The second kappa shape index (κ2) is 11.3. The third-order valence-electron chi connectivity index (χ3n) is 7.24. The van der Waals surface area contributed by atoms with Crippen molar-refractivity contribution in [2.45, 2.75) is 51.1 Å². The first kappa shape index (κ1) is 24.6. The molecule has 1 saturated carbocycles. The maximum Gasteiger partial charge on any atom is 0.308 e. The molecule has 3 fully saturated rings. The third-order valence-corrected chi connectivity index (χ3v) is 7.58. The number of amides is 2. The first-order valence-electron chi connectivity index (χ1n) is 12.3. The highest BCUT2D eigenvalue weighted by atomic mass is 32.1. The van der Waals surface area contributed by atoms with Crippen LogP contribution < -0.4 is 10.6 Å². The highest BCUT2D eigenvalue weighted by Gasteiger charge is 2.44. The zero-order valence-electron chi connectivity index (χ0n) is 19.8. The Morgan fingerprint density at radius 3 is 2.59 bits per heavy atom. The number of methoxy groups -OCH3 is 1. The van der Waals surface area contributed by atoms with E-state index in [-0.39, 0.29) is 35.7 Å². The van der Waals surface area contributed by atoms with Crippen LogP contribution in [0, 0.1) is 11.8 Å². The number of ether oxygens (including phenoxy) is 1. The Bertz CT molecular complexity index is 916. The monoisotopic (exact) mass is 486 g/mol. The topological polar surface area (TPSA) is 91.0 Å². The van der Waals surface area contributed by atoms with E-state index in [1.807, 2.05) is 12.1 Å². The molecule has 3 atom stereocenters. The van der Waals surface area contributed by atoms with Crippen molar-refractivity contribution in [3.63, 3.8) is 0 Å². The van der Waals surface area contributed by atoms with Crippen molar-refractivity contribution >= 4 is 35.1 Å². The highest BCUT2D eigenvalue weighted by Crippen LogP contribution is 2.34. The van der Waals surface area contributed by atoms with E-state index in [4.69, 9.17) is 17.0 Å². The molecule has 0 aromatic heterocycles. The zero-order valence-corrected chi connectivity index (χ0v) is 20.6. The second-order valence-electron chi connectivity index (χ2n) is 9.48. The van der Waals surface area contributed by atoms with Crippen molar-refractivity contribution < 1.29 is 19.1 Å². The number of hydrogen-bond acceptors (Lipinski definition) is 6. The quantitative estimate of drug-likeness (QED) is 0.450. The predicted octanol–water partition coefficient (Wildman–Crippen LogP) is 2.08. The molecule has 184 valence electrons. The molecule has 3 unspecified atom stereocenters. The predicted molar refractivity (Wildman–Crippen MR) is 132 cm³/mol. The molecular weight excluding hydrogens is 452 g/mol. The van der Waals surface area contributed by atoms with Crippen molar-refractivity contribution in [2.75, 3.05) is 33.3 Å². The average Bonchev–Trinajstić information content (AvgIpc) is 2.86. The normalized spacial score (nSPS) is 25.3. The smallest absolute Gasteiger partial charge is 0.308 e. The lowest BCUT2D eigenvalue weighted by Gasteiger charge is -2.43. The van der Waals surface area contributed by atoms with Crippen LogP contribution in [0.1, 0.15) is 54.4 Å². The van der Waals surface area contributed by atoms with Gasteiger partial charge in [-0.25, -0.2) is 0 Å². The van der Waals surface area contributed by atoms with Crippen LogP contribution in [0.2, 0.25) is 0 Å². The van der Waals surface area contributed by atoms with Gasteiger partial charge in [0.15, 0.2) is 5.11 Å². The van der Waals surface area contributed by atoms with Crippen LogP contribution in [-0.2, 0) is 20.9 Å². The summed E-state index contributed by atoms with van der Waals surface area (Å²) in [6.07, 6.45) is 5.61. The number of carbonyl (C=O) groups is 3. The Morgan fingerprint density at radius 1 is 1.15 bits per heavy atom. The summed E-state index contributed by atoms with van der Waals surface area (Å²) >= 11 is 5.48. The van der Waals surface area contributed by atoms with Gasteiger partial charge in [-0.15, -0.1) is 0 Å². The summed E-state index contributed by atoms with van der Waals surface area (Å²) in [5.74, 6) is -0.703. The van der Waals surface area contributed by atoms with Gasteiger partial charge in [-0.1, -0.05) is 18.6 Å². The summed E-state index contributed by atoms with van der Waals surface area (Å²) in [5.41, 5.74) is 1.51. The van der Waals surface area contributed by atoms with Gasteiger partial charge in [0.25, 0.3) is 5.91 Å². The fourth-order valence-corrected chi connectivity index (χ4v) is 5.56. The Balaban J connectivity index is 1.29. The van der Waals surface area contributed by atoms with Crippen molar-refractivity contribution in [2.24, 2.45) is 11.8 Å². The number of nitrogens with one attached hydrogen (secondary N) is 2. The summed E-state index contributed by atoms with van der Waals surface area (Å²) < 4.78 is 4.87. The van der Waals surface area contributed by atoms with E-state index in [0.29, 0.717) is 43.0 Å². The summed E-state index contributed by atoms with van der Waals surface area (Å²) in [6.45, 7) is 4.11. The Hall–Kier alpha value is -2.52. The Morgan fingerprint density at radius 2 is 1.88 bits per heavy atom. The van der Waals surface area contributed by atoms with Gasteiger partial charge in [0, 0.05) is 24.7 Å². The molecule has 1 aromatic carbocycles. The van der Waals surface area contributed by atoms with E-state index in [1.165, 1.54) is 26.4 Å². The molecule has 0 spiro atoms. The Kier molecular flexibility index (Phi) is 8.15. The molecule has 2 saturated heterocycles. The summed E-state index contributed by atoms with van der Waals surface area (Å²) in [7, 11) is 1.39. The molecule has 0 bridgehead atoms. The highest BCUT2D eigenvalue weighted by molar-refractivity contribution is 7.80. The van der Waals surface area contributed by atoms with E-state index in [1.54, 1.807) is 17.0 Å². The molecule has 2 aliphatic heterocycles. The number of carbonyl (C=O) groups excluding carboxylic acids is 3. The molecule has 9 heteroatoms. The van der Waals surface area contributed by atoms with Crippen LogP contribution in [0.5, 0.6) is 0 Å². The molecule has 4 rings (SSSR count). The van der Waals surface area contributed by atoms with Crippen LogP contribution in [0.15, 0.2) is 24.3 Å². The number of piperidine rings is 1. The minimum atomic E-state index is -0.225. The molecule has 8 nitrogen and oxygen atoms in total. The SMILES string of the molecule is COC(=O)C1CCC2C(=O)N(Cc3ccc(C(=O)NCCN4CCCCC4)cc3)C(=S)NC2C1. The standard InChI is InChI=1S/C25H34N4O4S/c1-33-24(32)19-9-10-20-21(15-19)27-25(34)29(23(20)31)16-17-5-7-18(8-6-17)22(30)26-11-14-28-12-3-2-4-13-28/h5-8,19-21H,2-4,9-16H2,1H3,(H,26,30)(H,27,34). The maximum absolute atomic E-state index is 13.2. The number of fused-ring (bicyclic) bond motifs is 1. The van der Waals surface area contributed by atoms with Gasteiger partial charge in [-0.2, -0.15) is 0 Å². The van der Waals surface area contributed by atoms with Gasteiger partial charge in [-0.05, 0) is 75.1 Å². The van der Waals surface area contributed by atoms with Crippen LogP contribution >= 0.6 is 12.2 Å². The average molecular weight is 487 g/mol. The lowest BCUT2D eigenvalue weighted by molar-refractivity contribution is -0.149. The zero-order chi connectivity index (χ0) is 24.1. The van der Waals surface area contributed by atoms with Crippen molar-refractivity contribution in [1.29, 1.82) is 0 Å². The molecule has 2 heterocycles. The molecule has 2 N–H and O–H groups in total. The van der Waals surface area contributed by atoms with E-state index >= 15 is 0 Å². The molecule has 0 radical (unpaired) electrons. The van der Waals surface area contributed by atoms with Gasteiger partial charge in [0.1, 0.15) is 0 Å². The van der Waals surface area contributed by atoms with E-state index in [0.717, 1.165) is 25.2 Å². The van der Waals surface area contributed by atoms with Crippen molar-refractivity contribution in [3.05, 3.63) is 35.4 Å². The number of thiocarbonyl (C=S) groups is 1. The van der Waals surface area contributed by atoms with E-state index in [2.05, 4.69) is 15.5 Å². The molecule has 34 heavy (non-hydrogen) atoms. The van der Waals surface area contributed by atoms with Crippen molar-refractivity contribution in [3.8, 4) is 0 Å². The second-order valence-corrected chi connectivity index (χ2v) is 9.86. The van der Waals surface area contributed by atoms with E-state index < -0.39 is 0 Å². The summed E-state index contributed by atoms with van der Waals surface area (Å²) in [4.78, 5) is 41.5. The van der Waals surface area contributed by atoms with Crippen LogP contribution in [0.4, 0.5) is 0 Å². The van der Waals surface area contributed by atoms with Crippen LogP contribution in [0.3, 0.4) is 0 Å². The van der Waals surface area contributed by atoms with Gasteiger partial charge in [0.2, 0.25) is 5.91 Å². The molecular formula is C25H34N4O4S. The largest absolute Gasteiger partial charge is 0.469 e. The number of esters is 1. The van der Waals surface area contributed by atoms with Gasteiger partial charge >= 0.3 is 5.97 Å². The number of likely N-dealkylation sites (tertiary alicyclic amines) is 1. The van der Waals surface area contributed by atoms with E-state index in [9.17, 15) is 14.4 Å². The number of hydrogen-bond donors (Lipinski definition) is 2. The van der Waals surface area contributed by atoms with Crippen molar-refractivity contribution in [1.82, 2.24) is 20.4 Å². The lowest BCUT2D eigenvalue weighted by atomic mass is 9.76. The maximum atomic E-state index is 13.2. The number of benzene rings is 1. The fourth-order valence-electron chi connectivity index (χ4n) is 5.25. The molecule has 2 amide bonds. The third kappa shape index (κ3) is 5.75. The minimum absolute atomic E-state index is 0.00315. The van der Waals surface area contributed by atoms with Gasteiger partial charge in [0.05, 0.1) is 25.5 Å². The number of nitrogens with zero attached hydrogens (tertiary/aromatic N) is 2. The van der Waals surface area contributed by atoms with Gasteiger partial charge in [-0.3, -0.25) is 19.3 Å². The van der Waals surface area contributed by atoms with Crippen LogP contribution in [-0.4, -0.2) is 72.0 Å². The van der Waals surface area contributed by atoms with Crippen LogP contribution in [0.25, 0.3) is 0 Å². The summed E-state index contributed by atoms with van der Waals surface area (Å²) in [5, 5.41) is 6.65. The summed E-state index contributed by atoms with van der Waals surface area (Å²) in [6, 6.07) is 7.19. The van der Waals surface area contributed by atoms with Gasteiger partial charge < -0.3 is 20.3 Å². The first-order valence-corrected chi connectivity index (χ1v) is 12.7. The molecule has 1 aromatic rings. The fraction of sp³-hybridized carbons (Fsp3) is 0.600.